The Hall–Kier alpha value is -1.16. The monoisotopic (exact) mass is 240 g/mol. The highest BCUT2D eigenvalue weighted by Crippen LogP contribution is 2.38. The molecule has 0 unspecified atom stereocenters. The lowest BCUT2D eigenvalue weighted by Crippen LogP contribution is -2.25. The molecule has 1 aliphatic rings. The smallest absolute Gasteiger partial charge is 0.276 e. The van der Waals surface area contributed by atoms with Crippen molar-refractivity contribution in [1.29, 1.82) is 0 Å². The Morgan fingerprint density at radius 3 is 2.47 bits per heavy atom. The van der Waals surface area contributed by atoms with Crippen LogP contribution < -0.4 is 10.6 Å². The summed E-state index contributed by atoms with van der Waals surface area (Å²) < 4.78 is 27.9. The first-order valence-electron chi connectivity index (χ1n) is 6.07. The van der Waals surface area contributed by atoms with E-state index in [0.717, 1.165) is 25.9 Å². The molecule has 1 aliphatic heterocycles. The molecule has 1 saturated heterocycles. The van der Waals surface area contributed by atoms with Crippen LogP contribution in [0, 0.1) is 0 Å². The zero-order chi connectivity index (χ0) is 12.3. The summed E-state index contributed by atoms with van der Waals surface area (Å²) in [4.78, 5) is 2.04. The van der Waals surface area contributed by atoms with Crippen LogP contribution >= 0.6 is 0 Å². The highest BCUT2D eigenvalue weighted by molar-refractivity contribution is 5.56. The molecule has 0 aliphatic carbocycles. The molecule has 0 radical (unpaired) electrons. The fourth-order valence-electron chi connectivity index (χ4n) is 2.33. The lowest BCUT2D eigenvalue weighted by Gasteiger charge is -2.25. The number of anilines is 1. The molecule has 1 fully saturated rings. The molecule has 2 nitrogen and oxygen atoms in total. The minimum Gasteiger partial charge on any atom is -0.371 e. The van der Waals surface area contributed by atoms with Crippen LogP contribution in [0.4, 0.5) is 14.5 Å². The van der Waals surface area contributed by atoms with Crippen molar-refractivity contribution in [1.82, 2.24) is 0 Å². The second kappa shape index (κ2) is 5.00. The normalized spacial score (nSPS) is 16.5. The summed E-state index contributed by atoms with van der Waals surface area (Å²) in [6.07, 6.45) is 1.87. The van der Waals surface area contributed by atoms with Gasteiger partial charge in [0.2, 0.25) is 0 Å². The molecule has 1 heterocycles. The fourth-order valence-corrected chi connectivity index (χ4v) is 2.33. The Labute approximate surface area is 100 Å². The van der Waals surface area contributed by atoms with Crippen LogP contribution in [-0.2, 0) is 5.92 Å². The van der Waals surface area contributed by atoms with Gasteiger partial charge in [0.25, 0.3) is 5.92 Å². The molecule has 0 amide bonds. The molecule has 0 aromatic heterocycles. The van der Waals surface area contributed by atoms with Gasteiger partial charge in [-0.1, -0.05) is 18.2 Å². The van der Waals surface area contributed by atoms with E-state index in [-0.39, 0.29) is 18.5 Å². The topological polar surface area (TPSA) is 29.3 Å². The largest absolute Gasteiger partial charge is 0.371 e. The summed E-state index contributed by atoms with van der Waals surface area (Å²) in [7, 11) is 0. The van der Waals surface area contributed by atoms with E-state index in [2.05, 4.69) is 0 Å². The summed E-state index contributed by atoms with van der Waals surface area (Å²) in [6.45, 7) is 1.74. The number of nitrogens with zero attached hydrogens (tertiary/aromatic N) is 1. The van der Waals surface area contributed by atoms with Crippen molar-refractivity contribution in [3.8, 4) is 0 Å². The van der Waals surface area contributed by atoms with Gasteiger partial charge in [-0.3, -0.25) is 0 Å². The summed E-state index contributed by atoms with van der Waals surface area (Å²) in [6, 6.07) is 6.78. The number of nitrogens with two attached hydrogens (primary N) is 1. The number of hydrogen-bond donors (Lipinski definition) is 1. The Kier molecular flexibility index (Phi) is 3.62. The van der Waals surface area contributed by atoms with Crippen molar-refractivity contribution < 1.29 is 8.78 Å². The van der Waals surface area contributed by atoms with E-state index in [4.69, 9.17) is 5.73 Å². The highest BCUT2D eigenvalue weighted by Gasteiger charge is 2.34. The van der Waals surface area contributed by atoms with Crippen LogP contribution in [0.2, 0.25) is 0 Å². The molecule has 2 rings (SSSR count). The summed E-state index contributed by atoms with van der Waals surface area (Å²) in [5.74, 6) is -2.83. The van der Waals surface area contributed by atoms with Gasteiger partial charge in [-0.2, -0.15) is 0 Å². The van der Waals surface area contributed by atoms with Crippen molar-refractivity contribution in [2.75, 3.05) is 24.5 Å². The van der Waals surface area contributed by atoms with Crippen molar-refractivity contribution in [3.05, 3.63) is 29.8 Å². The maximum absolute atomic E-state index is 14.0. The van der Waals surface area contributed by atoms with Crippen LogP contribution in [-0.4, -0.2) is 19.6 Å². The third kappa shape index (κ3) is 2.57. The molecule has 94 valence electrons. The average molecular weight is 240 g/mol. The van der Waals surface area contributed by atoms with Gasteiger partial charge >= 0.3 is 0 Å². The predicted octanol–water partition coefficient (Wildman–Crippen LogP) is 2.73. The minimum atomic E-state index is -2.83. The molecule has 0 atom stereocenters. The summed E-state index contributed by atoms with van der Waals surface area (Å²) in [5, 5.41) is 0. The van der Waals surface area contributed by atoms with E-state index in [1.165, 1.54) is 6.07 Å². The molecular formula is C13H18F2N2. The number of alkyl halides is 2. The van der Waals surface area contributed by atoms with Crippen LogP contribution in [0.1, 0.15) is 24.8 Å². The maximum Gasteiger partial charge on any atom is 0.276 e. The predicted molar refractivity (Wildman–Crippen MR) is 65.5 cm³/mol. The molecule has 0 saturated carbocycles. The van der Waals surface area contributed by atoms with Gasteiger partial charge in [-0.25, -0.2) is 8.78 Å². The van der Waals surface area contributed by atoms with E-state index in [1.807, 2.05) is 11.0 Å². The van der Waals surface area contributed by atoms with Crippen LogP contribution in [0.5, 0.6) is 0 Å². The van der Waals surface area contributed by atoms with Crippen molar-refractivity contribution in [2.24, 2.45) is 5.73 Å². The Morgan fingerprint density at radius 1 is 1.18 bits per heavy atom. The third-order valence-corrected chi connectivity index (χ3v) is 3.20. The van der Waals surface area contributed by atoms with Gasteiger partial charge in [-0.05, 0) is 25.5 Å². The van der Waals surface area contributed by atoms with Gasteiger partial charge in [0.15, 0.2) is 0 Å². The molecule has 2 N–H and O–H groups in total. The standard InChI is InChI=1S/C13H18F2N2/c14-13(15,7-8-16)11-5-1-2-6-12(11)17-9-3-4-10-17/h1-2,5-6H,3-4,7-10,16H2. The van der Waals surface area contributed by atoms with Gasteiger partial charge in [0.05, 0.1) is 0 Å². The van der Waals surface area contributed by atoms with E-state index >= 15 is 0 Å². The summed E-state index contributed by atoms with van der Waals surface area (Å²) in [5.41, 5.74) is 6.05. The number of benzene rings is 1. The molecule has 1 aromatic carbocycles. The average Bonchev–Trinajstić information content (AvgIpc) is 2.82. The maximum atomic E-state index is 14.0. The fraction of sp³-hybridized carbons (Fsp3) is 0.538. The molecular weight excluding hydrogens is 222 g/mol. The van der Waals surface area contributed by atoms with Crippen LogP contribution in [0.3, 0.4) is 0 Å². The Balaban J connectivity index is 2.32. The van der Waals surface area contributed by atoms with E-state index in [9.17, 15) is 8.78 Å². The van der Waals surface area contributed by atoms with Crippen LogP contribution in [0.25, 0.3) is 0 Å². The second-order valence-corrected chi connectivity index (χ2v) is 4.45. The first-order valence-corrected chi connectivity index (χ1v) is 6.07. The number of halogens is 2. The van der Waals surface area contributed by atoms with Gasteiger partial charge in [0.1, 0.15) is 0 Å². The van der Waals surface area contributed by atoms with Gasteiger partial charge in [0, 0.05) is 30.8 Å². The van der Waals surface area contributed by atoms with E-state index in [0.29, 0.717) is 5.69 Å². The first kappa shape index (κ1) is 12.3. The molecule has 0 spiro atoms. The quantitative estimate of drug-likeness (QED) is 0.876. The van der Waals surface area contributed by atoms with E-state index in [1.54, 1.807) is 12.1 Å². The minimum absolute atomic E-state index is 0.00132. The van der Waals surface area contributed by atoms with Crippen molar-refractivity contribution >= 4 is 5.69 Å². The Morgan fingerprint density at radius 2 is 1.82 bits per heavy atom. The summed E-state index contributed by atoms with van der Waals surface area (Å²) >= 11 is 0. The second-order valence-electron chi connectivity index (χ2n) is 4.45. The molecule has 4 heteroatoms. The number of hydrogen-bond acceptors (Lipinski definition) is 2. The zero-order valence-corrected chi connectivity index (χ0v) is 9.83. The molecule has 1 aromatic rings. The SMILES string of the molecule is NCCC(F)(F)c1ccccc1N1CCCC1. The van der Waals surface area contributed by atoms with Crippen molar-refractivity contribution in [3.63, 3.8) is 0 Å². The third-order valence-electron chi connectivity index (χ3n) is 3.20. The molecule has 0 bridgehead atoms. The lowest BCUT2D eigenvalue weighted by atomic mass is 10.0. The first-order chi connectivity index (χ1) is 8.15. The highest BCUT2D eigenvalue weighted by atomic mass is 19.3. The van der Waals surface area contributed by atoms with Gasteiger partial charge < -0.3 is 10.6 Å². The lowest BCUT2D eigenvalue weighted by molar-refractivity contribution is -0.0102. The Bertz CT molecular complexity index is 373. The van der Waals surface area contributed by atoms with Gasteiger partial charge in [-0.15, -0.1) is 0 Å². The number of rotatable bonds is 4. The molecule has 17 heavy (non-hydrogen) atoms. The van der Waals surface area contributed by atoms with Crippen molar-refractivity contribution in [2.45, 2.75) is 25.2 Å². The van der Waals surface area contributed by atoms with E-state index < -0.39 is 5.92 Å². The van der Waals surface area contributed by atoms with Crippen LogP contribution in [0.15, 0.2) is 24.3 Å². The number of para-hydroxylation sites is 1. The zero-order valence-electron chi connectivity index (χ0n) is 9.83.